The first kappa shape index (κ1) is 31.9. The van der Waals surface area contributed by atoms with E-state index in [9.17, 15) is 5.11 Å². The highest BCUT2D eigenvalue weighted by Crippen LogP contribution is 2.40. The van der Waals surface area contributed by atoms with Gasteiger partial charge in [0.2, 0.25) is 0 Å². The lowest BCUT2D eigenvalue weighted by molar-refractivity contribution is 0.162. The molecule has 0 aliphatic carbocycles. The molecule has 4 heteroatoms. The van der Waals surface area contributed by atoms with Gasteiger partial charge in [0.05, 0.1) is 14.2 Å². The van der Waals surface area contributed by atoms with Gasteiger partial charge in [-0.25, -0.2) is 0 Å². The SMILES string of the molecule is C=C(C[C@H](O)CCc1ccccc1)[C@H](CO[Si](c1ccccc1)(c1ccccc1)C(C)(C)C)[Si](C)(C)c1ccccc1. The Balaban J connectivity index is 1.69. The van der Waals surface area contributed by atoms with Crippen LogP contribution in [-0.2, 0) is 10.8 Å². The molecule has 1 N–H and O–H groups in total. The fraction of sp³-hybridized carbons (Fsp3) is 0.316. The number of benzene rings is 4. The Morgan fingerprint density at radius 1 is 0.714 bits per heavy atom. The van der Waals surface area contributed by atoms with Gasteiger partial charge >= 0.3 is 0 Å². The van der Waals surface area contributed by atoms with Crippen LogP contribution in [0, 0.1) is 0 Å². The molecule has 0 saturated heterocycles. The van der Waals surface area contributed by atoms with Gasteiger partial charge in [-0.05, 0) is 40.2 Å². The normalized spacial score (nSPS) is 13.9. The molecule has 0 aromatic heterocycles. The Morgan fingerprint density at radius 2 is 1.14 bits per heavy atom. The first-order valence-corrected chi connectivity index (χ1v) is 20.2. The lowest BCUT2D eigenvalue weighted by Crippen LogP contribution is -2.67. The maximum atomic E-state index is 11.2. The van der Waals surface area contributed by atoms with E-state index in [0.717, 1.165) is 18.4 Å². The average molecular weight is 593 g/mol. The van der Waals surface area contributed by atoms with Crippen LogP contribution in [0.2, 0.25) is 23.7 Å². The molecule has 0 aliphatic heterocycles. The Morgan fingerprint density at radius 3 is 1.60 bits per heavy atom. The molecule has 4 rings (SSSR count). The van der Waals surface area contributed by atoms with E-state index in [-0.39, 0.29) is 10.6 Å². The Bertz CT molecular complexity index is 1340. The van der Waals surface area contributed by atoms with E-state index >= 15 is 0 Å². The number of aryl methyl sites for hydroxylation is 1. The molecule has 4 aromatic rings. The third kappa shape index (κ3) is 7.30. The number of aliphatic hydroxyl groups is 1. The highest BCUT2D eigenvalue weighted by Gasteiger charge is 2.51. The highest BCUT2D eigenvalue weighted by molar-refractivity contribution is 6.99. The summed E-state index contributed by atoms with van der Waals surface area (Å²) in [5, 5.41) is 15.1. The zero-order chi connectivity index (χ0) is 30.2. The summed E-state index contributed by atoms with van der Waals surface area (Å²) in [4.78, 5) is 0. The lowest BCUT2D eigenvalue weighted by atomic mass is 10.0. The summed E-state index contributed by atoms with van der Waals surface area (Å²) >= 11 is 0. The van der Waals surface area contributed by atoms with Crippen molar-refractivity contribution in [2.24, 2.45) is 0 Å². The molecule has 0 amide bonds. The molecular weight excluding hydrogens is 545 g/mol. The van der Waals surface area contributed by atoms with Crippen LogP contribution in [0.1, 0.15) is 39.2 Å². The molecule has 0 aliphatic rings. The van der Waals surface area contributed by atoms with Crippen molar-refractivity contribution in [1.29, 1.82) is 0 Å². The van der Waals surface area contributed by atoms with Crippen LogP contribution in [0.3, 0.4) is 0 Å². The summed E-state index contributed by atoms with van der Waals surface area (Å²) < 4.78 is 7.50. The van der Waals surface area contributed by atoms with Crippen LogP contribution in [0.15, 0.2) is 133 Å². The third-order valence-electron chi connectivity index (χ3n) is 8.87. The molecule has 0 saturated carbocycles. The molecule has 0 unspecified atom stereocenters. The molecule has 0 heterocycles. The van der Waals surface area contributed by atoms with Crippen LogP contribution < -0.4 is 15.6 Å². The van der Waals surface area contributed by atoms with Crippen molar-refractivity contribution in [3.8, 4) is 0 Å². The second kappa shape index (κ2) is 14.0. The minimum Gasteiger partial charge on any atom is -0.407 e. The lowest BCUT2D eigenvalue weighted by Gasteiger charge is -2.45. The van der Waals surface area contributed by atoms with E-state index in [1.807, 2.05) is 6.07 Å². The first-order valence-electron chi connectivity index (χ1n) is 15.3. The maximum absolute atomic E-state index is 11.2. The summed E-state index contributed by atoms with van der Waals surface area (Å²) in [5.74, 6) is 0. The molecule has 2 nitrogen and oxygen atoms in total. The second-order valence-electron chi connectivity index (χ2n) is 13.2. The zero-order valence-corrected chi connectivity index (χ0v) is 28.1. The average Bonchev–Trinajstić information content (AvgIpc) is 2.99. The monoisotopic (exact) mass is 592 g/mol. The van der Waals surface area contributed by atoms with Gasteiger partial charge in [0.25, 0.3) is 8.32 Å². The fourth-order valence-corrected chi connectivity index (χ4v) is 14.2. The summed E-state index contributed by atoms with van der Waals surface area (Å²) in [6, 6.07) is 43.0. The maximum Gasteiger partial charge on any atom is 0.261 e. The van der Waals surface area contributed by atoms with Gasteiger partial charge in [0, 0.05) is 12.1 Å². The second-order valence-corrected chi connectivity index (χ2v) is 22.2. The van der Waals surface area contributed by atoms with Crippen molar-refractivity contribution in [3.05, 3.63) is 139 Å². The molecular formula is C38H48O2Si2. The van der Waals surface area contributed by atoms with E-state index in [0.29, 0.717) is 13.0 Å². The largest absolute Gasteiger partial charge is 0.407 e. The van der Waals surface area contributed by atoms with Gasteiger partial charge in [0.1, 0.15) is 0 Å². The van der Waals surface area contributed by atoms with E-state index in [2.05, 4.69) is 156 Å². The van der Waals surface area contributed by atoms with Crippen molar-refractivity contribution in [2.75, 3.05) is 6.61 Å². The molecule has 0 bridgehead atoms. The Labute approximate surface area is 256 Å². The van der Waals surface area contributed by atoms with E-state index in [4.69, 9.17) is 4.43 Å². The van der Waals surface area contributed by atoms with Crippen LogP contribution in [0.25, 0.3) is 0 Å². The van der Waals surface area contributed by atoms with E-state index in [1.165, 1.54) is 21.1 Å². The van der Waals surface area contributed by atoms with Crippen molar-refractivity contribution >= 4 is 32.0 Å². The summed E-state index contributed by atoms with van der Waals surface area (Å²) in [5.41, 5.74) is 2.51. The van der Waals surface area contributed by atoms with Gasteiger partial charge < -0.3 is 9.53 Å². The molecule has 0 spiro atoms. The van der Waals surface area contributed by atoms with Crippen LogP contribution >= 0.6 is 0 Å². The minimum absolute atomic E-state index is 0.102. The Kier molecular flexibility index (Phi) is 10.6. The molecule has 42 heavy (non-hydrogen) atoms. The smallest absolute Gasteiger partial charge is 0.261 e. The molecule has 4 aromatic carbocycles. The quantitative estimate of drug-likeness (QED) is 0.129. The minimum atomic E-state index is -2.72. The van der Waals surface area contributed by atoms with E-state index in [1.54, 1.807) is 0 Å². The van der Waals surface area contributed by atoms with Crippen LogP contribution in [-0.4, -0.2) is 34.2 Å². The molecule has 220 valence electrons. The predicted octanol–water partition coefficient (Wildman–Crippen LogP) is 7.49. The van der Waals surface area contributed by atoms with Gasteiger partial charge in [-0.15, -0.1) is 0 Å². The topological polar surface area (TPSA) is 29.5 Å². The van der Waals surface area contributed by atoms with Gasteiger partial charge in [-0.3, -0.25) is 0 Å². The summed E-state index contributed by atoms with van der Waals surface area (Å²) in [6.45, 7) is 17.1. The van der Waals surface area contributed by atoms with Crippen molar-refractivity contribution in [1.82, 2.24) is 0 Å². The number of hydrogen-bond donors (Lipinski definition) is 1. The van der Waals surface area contributed by atoms with Crippen molar-refractivity contribution in [3.63, 3.8) is 0 Å². The number of aliphatic hydroxyl groups excluding tert-OH is 1. The highest BCUT2D eigenvalue weighted by atomic mass is 28.4. The van der Waals surface area contributed by atoms with Crippen LogP contribution in [0.4, 0.5) is 0 Å². The Hall–Kier alpha value is -3.03. The summed E-state index contributed by atoms with van der Waals surface area (Å²) in [7, 11) is -4.82. The van der Waals surface area contributed by atoms with Crippen molar-refractivity contribution < 1.29 is 9.53 Å². The van der Waals surface area contributed by atoms with E-state index < -0.39 is 22.5 Å². The zero-order valence-electron chi connectivity index (χ0n) is 26.1. The van der Waals surface area contributed by atoms with Crippen molar-refractivity contribution in [2.45, 2.75) is 69.8 Å². The fourth-order valence-electron chi connectivity index (χ4n) is 6.40. The third-order valence-corrected chi connectivity index (χ3v) is 18.0. The van der Waals surface area contributed by atoms with Gasteiger partial charge in [0.15, 0.2) is 0 Å². The van der Waals surface area contributed by atoms with Gasteiger partial charge in [-0.1, -0.05) is 173 Å². The summed E-state index contributed by atoms with van der Waals surface area (Å²) in [6.07, 6.45) is 1.73. The number of rotatable bonds is 13. The predicted molar refractivity (Wildman–Crippen MR) is 185 cm³/mol. The molecule has 2 atom stereocenters. The first-order chi connectivity index (χ1) is 20.1. The van der Waals surface area contributed by atoms with Gasteiger partial charge in [-0.2, -0.15) is 0 Å². The standard InChI is InChI=1S/C38H48O2Si2/c1-31(29-33(39)28-27-32-19-11-7-12-20-32)37(41(5,6)34-21-13-8-14-22-34)30-40-42(38(2,3)4,35-23-15-9-16-24-35)36-25-17-10-18-26-36/h7-26,33,37,39H,1,27-30H2,2-6H3/t33-,37+/m1/s1. The van der Waals surface area contributed by atoms with Crippen LogP contribution in [0.5, 0.6) is 0 Å². The molecule has 0 fully saturated rings. The number of hydrogen-bond acceptors (Lipinski definition) is 2. The molecule has 0 radical (unpaired) electrons.